The Morgan fingerprint density at radius 1 is 1.60 bits per heavy atom. The molecule has 15 heavy (non-hydrogen) atoms. The van der Waals surface area contributed by atoms with E-state index < -0.39 is 5.97 Å². The molecule has 3 nitrogen and oxygen atoms in total. The van der Waals surface area contributed by atoms with Crippen molar-refractivity contribution < 1.29 is 14.6 Å². The number of halogens is 1. The van der Waals surface area contributed by atoms with Crippen molar-refractivity contribution in [2.24, 2.45) is 0 Å². The molecule has 80 valence electrons. The topological polar surface area (TPSA) is 46.5 Å². The molecule has 0 fully saturated rings. The van der Waals surface area contributed by atoms with Crippen LogP contribution >= 0.6 is 11.6 Å². The van der Waals surface area contributed by atoms with E-state index in [2.05, 4.69) is 0 Å². The van der Waals surface area contributed by atoms with Crippen molar-refractivity contribution in [1.29, 1.82) is 0 Å². The zero-order chi connectivity index (χ0) is 11.0. The van der Waals surface area contributed by atoms with Crippen LogP contribution in [0.3, 0.4) is 0 Å². The van der Waals surface area contributed by atoms with E-state index in [1.165, 1.54) is 0 Å². The van der Waals surface area contributed by atoms with Gasteiger partial charge in [-0.2, -0.15) is 0 Å². The number of benzene rings is 1. The molecule has 2 rings (SSSR count). The lowest BCUT2D eigenvalue weighted by Gasteiger charge is -2.11. The van der Waals surface area contributed by atoms with Crippen molar-refractivity contribution in [3.63, 3.8) is 0 Å². The van der Waals surface area contributed by atoms with Gasteiger partial charge in [-0.15, -0.1) is 0 Å². The zero-order valence-corrected chi connectivity index (χ0v) is 8.99. The normalized spacial score (nSPS) is 23.3. The molecule has 4 heteroatoms. The molecule has 2 atom stereocenters. The van der Waals surface area contributed by atoms with Crippen LogP contribution in [-0.2, 0) is 4.79 Å². The molecule has 0 bridgehead atoms. The molecule has 2 unspecified atom stereocenters. The Bertz CT molecular complexity index is 403. The highest BCUT2D eigenvalue weighted by Crippen LogP contribution is 2.41. The molecule has 1 aromatic carbocycles. The lowest BCUT2D eigenvalue weighted by molar-refractivity contribution is -0.137. The summed E-state index contributed by atoms with van der Waals surface area (Å²) in [5.74, 6) is -0.169. The fraction of sp³-hybridized carbons (Fsp3) is 0.364. The number of hydrogen-bond donors (Lipinski definition) is 1. The second-order valence-corrected chi connectivity index (χ2v) is 4.15. The van der Waals surface area contributed by atoms with Crippen molar-refractivity contribution in [3.05, 3.63) is 28.8 Å². The molecular weight excluding hydrogens is 216 g/mol. The van der Waals surface area contributed by atoms with Gasteiger partial charge in [-0.1, -0.05) is 11.6 Å². The van der Waals surface area contributed by atoms with Gasteiger partial charge in [-0.05, 0) is 25.1 Å². The molecular formula is C11H11ClO3. The SMILES string of the molecule is CC1Oc2ccc(Cl)cc2C1CC(=O)O. The van der Waals surface area contributed by atoms with Crippen LogP contribution < -0.4 is 4.74 Å². The minimum atomic E-state index is -0.816. The van der Waals surface area contributed by atoms with E-state index in [0.717, 1.165) is 11.3 Å². The number of carboxylic acids is 1. The van der Waals surface area contributed by atoms with Gasteiger partial charge in [0.1, 0.15) is 11.9 Å². The number of carboxylic acid groups (broad SMARTS) is 1. The summed E-state index contributed by atoms with van der Waals surface area (Å²) in [6, 6.07) is 5.32. The van der Waals surface area contributed by atoms with E-state index in [0.29, 0.717) is 5.02 Å². The monoisotopic (exact) mass is 226 g/mol. The summed E-state index contributed by atoms with van der Waals surface area (Å²) in [5.41, 5.74) is 0.900. The molecule has 1 heterocycles. The van der Waals surface area contributed by atoms with Crippen LogP contribution in [0.1, 0.15) is 24.8 Å². The predicted molar refractivity (Wildman–Crippen MR) is 56.5 cm³/mol. The average Bonchev–Trinajstić information content (AvgIpc) is 2.43. The summed E-state index contributed by atoms with van der Waals surface area (Å²) in [7, 11) is 0. The largest absolute Gasteiger partial charge is 0.490 e. The third-order valence-electron chi connectivity index (χ3n) is 2.65. The molecule has 0 spiro atoms. The Balaban J connectivity index is 2.35. The molecule has 0 amide bonds. The van der Waals surface area contributed by atoms with Gasteiger partial charge in [0.15, 0.2) is 0 Å². The zero-order valence-electron chi connectivity index (χ0n) is 8.24. The molecule has 1 N–H and O–H groups in total. The molecule has 0 aromatic heterocycles. The van der Waals surface area contributed by atoms with E-state index in [-0.39, 0.29) is 18.4 Å². The first-order valence-electron chi connectivity index (χ1n) is 4.76. The predicted octanol–water partition coefficient (Wildman–Crippen LogP) is 2.68. The fourth-order valence-electron chi connectivity index (χ4n) is 1.92. The summed E-state index contributed by atoms with van der Waals surface area (Å²) in [4.78, 5) is 10.7. The van der Waals surface area contributed by atoms with Gasteiger partial charge >= 0.3 is 5.97 Å². The quantitative estimate of drug-likeness (QED) is 0.844. The minimum Gasteiger partial charge on any atom is -0.490 e. The van der Waals surface area contributed by atoms with Crippen molar-refractivity contribution in [1.82, 2.24) is 0 Å². The maximum atomic E-state index is 10.7. The molecule has 0 radical (unpaired) electrons. The Morgan fingerprint density at radius 2 is 2.33 bits per heavy atom. The van der Waals surface area contributed by atoms with Crippen molar-refractivity contribution in [3.8, 4) is 5.75 Å². The standard InChI is InChI=1S/C11H11ClO3/c1-6-8(5-11(13)14)9-4-7(12)2-3-10(9)15-6/h2-4,6,8H,5H2,1H3,(H,13,14). The summed E-state index contributed by atoms with van der Waals surface area (Å²) in [6.45, 7) is 1.88. The average molecular weight is 227 g/mol. The highest BCUT2D eigenvalue weighted by molar-refractivity contribution is 6.30. The Morgan fingerprint density at radius 3 is 3.00 bits per heavy atom. The summed E-state index contributed by atoms with van der Waals surface area (Å²) in [6.07, 6.45) is -0.0244. The lowest BCUT2D eigenvalue weighted by atomic mass is 9.93. The van der Waals surface area contributed by atoms with Gasteiger partial charge in [0.25, 0.3) is 0 Å². The first kappa shape index (κ1) is 10.3. The van der Waals surface area contributed by atoms with Gasteiger partial charge < -0.3 is 9.84 Å². The maximum Gasteiger partial charge on any atom is 0.304 e. The molecule has 1 aliphatic rings. The van der Waals surface area contributed by atoms with Crippen LogP contribution in [0.5, 0.6) is 5.75 Å². The summed E-state index contributed by atoms with van der Waals surface area (Å²) >= 11 is 5.87. The molecule has 1 aromatic rings. The number of hydrogen-bond acceptors (Lipinski definition) is 2. The third-order valence-corrected chi connectivity index (χ3v) is 2.88. The molecule has 0 saturated heterocycles. The van der Waals surface area contributed by atoms with E-state index >= 15 is 0 Å². The Labute approximate surface area is 92.6 Å². The van der Waals surface area contributed by atoms with Gasteiger partial charge in [-0.25, -0.2) is 0 Å². The Kier molecular flexibility index (Phi) is 2.57. The van der Waals surface area contributed by atoms with Crippen molar-refractivity contribution in [2.45, 2.75) is 25.4 Å². The van der Waals surface area contributed by atoms with Gasteiger partial charge in [-0.3, -0.25) is 4.79 Å². The fourth-order valence-corrected chi connectivity index (χ4v) is 2.10. The minimum absolute atomic E-state index is 0.0779. The summed E-state index contributed by atoms with van der Waals surface area (Å²) < 4.78 is 5.55. The number of rotatable bonds is 2. The van der Waals surface area contributed by atoms with E-state index in [9.17, 15) is 4.79 Å². The number of ether oxygens (including phenoxy) is 1. The maximum absolute atomic E-state index is 10.7. The Hall–Kier alpha value is -1.22. The van der Waals surface area contributed by atoms with Crippen LogP contribution in [0.4, 0.5) is 0 Å². The van der Waals surface area contributed by atoms with Crippen molar-refractivity contribution in [2.75, 3.05) is 0 Å². The van der Waals surface area contributed by atoms with E-state index in [1.807, 2.05) is 6.92 Å². The van der Waals surface area contributed by atoms with Crippen molar-refractivity contribution >= 4 is 17.6 Å². The first-order valence-corrected chi connectivity index (χ1v) is 5.13. The molecule has 0 saturated carbocycles. The highest BCUT2D eigenvalue weighted by atomic mass is 35.5. The second-order valence-electron chi connectivity index (χ2n) is 3.71. The van der Waals surface area contributed by atoms with Crippen LogP contribution in [0, 0.1) is 0 Å². The smallest absolute Gasteiger partial charge is 0.304 e. The first-order chi connectivity index (χ1) is 7.08. The highest BCUT2D eigenvalue weighted by Gasteiger charge is 2.32. The van der Waals surface area contributed by atoms with Crippen LogP contribution in [0.2, 0.25) is 5.02 Å². The third kappa shape index (κ3) is 1.92. The molecule has 0 aliphatic carbocycles. The lowest BCUT2D eigenvalue weighted by Crippen LogP contribution is -2.17. The van der Waals surface area contributed by atoms with Crippen LogP contribution in [-0.4, -0.2) is 17.2 Å². The number of aliphatic carboxylic acids is 1. The van der Waals surface area contributed by atoms with Crippen LogP contribution in [0.15, 0.2) is 18.2 Å². The van der Waals surface area contributed by atoms with Gasteiger partial charge in [0.2, 0.25) is 0 Å². The number of fused-ring (bicyclic) bond motifs is 1. The number of carbonyl (C=O) groups is 1. The summed E-state index contributed by atoms with van der Waals surface area (Å²) in [5, 5.41) is 9.41. The van der Waals surface area contributed by atoms with Crippen LogP contribution in [0.25, 0.3) is 0 Å². The van der Waals surface area contributed by atoms with Gasteiger partial charge in [0, 0.05) is 16.5 Å². The van der Waals surface area contributed by atoms with E-state index in [4.69, 9.17) is 21.4 Å². The second kappa shape index (κ2) is 3.74. The van der Waals surface area contributed by atoms with Gasteiger partial charge in [0.05, 0.1) is 6.42 Å². The van der Waals surface area contributed by atoms with E-state index in [1.54, 1.807) is 18.2 Å². The molecule has 1 aliphatic heterocycles.